The van der Waals surface area contributed by atoms with Crippen molar-refractivity contribution in [1.29, 1.82) is 0 Å². The highest BCUT2D eigenvalue weighted by Crippen LogP contribution is 2.15. The van der Waals surface area contributed by atoms with Gasteiger partial charge in [-0.1, -0.05) is 12.8 Å². The maximum atomic E-state index is 4.33. The number of hydrogen-bond donors (Lipinski definition) is 3. The summed E-state index contributed by atoms with van der Waals surface area (Å²) in [7, 11) is 0. The molecule has 1 unspecified atom stereocenters. The van der Waals surface area contributed by atoms with E-state index in [-0.39, 0.29) is 0 Å². The maximum Gasteiger partial charge on any atom is -0.00692 e. The molecular weight excluding hydrogens is 204 g/mol. The average Bonchev–Trinajstić information content (AvgIpc) is 2.10. The van der Waals surface area contributed by atoms with Crippen LogP contribution in [-0.4, -0.2) is 17.3 Å². The molecule has 0 saturated heterocycles. The first-order valence-corrected chi connectivity index (χ1v) is 6.57. The Balaban J connectivity index is 3.19. The Morgan fingerprint density at radius 1 is 0.750 bits per heavy atom. The first kappa shape index (κ1) is 13.1. The molecule has 0 fully saturated rings. The van der Waals surface area contributed by atoms with E-state index in [4.69, 9.17) is 0 Å². The average molecular weight is 224 g/mol. The van der Waals surface area contributed by atoms with Gasteiger partial charge in [-0.05, 0) is 42.4 Å². The monoisotopic (exact) mass is 224 g/mol. The minimum Gasteiger partial charge on any atom is -0.179 e. The highest BCUT2D eigenvalue weighted by atomic mass is 32.1. The molecule has 0 nitrogen and oxygen atoms in total. The Kier molecular flexibility index (Phi) is 11.0. The highest BCUT2D eigenvalue weighted by Gasteiger charge is 2.04. The predicted octanol–water partition coefficient (Wildman–Crippen LogP) is 3.34. The summed E-state index contributed by atoms with van der Waals surface area (Å²) >= 11 is 12.7. The molecule has 0 saturated carbocycles. The molecule has 0 heterocycles. The lowest BCUT2D eigenvalue weighted by Gasteiger charge is -2.11. The molecule has 0 aliphatic rings. The van der Waals surface area contributed by atoms with E-state index >= 15 is 0 Å². The lowest BCUT2D eigenvalue weighted by Crippen LogP contribution is -2.03. The molecule has 0 spiro atoms. The Labute approximate surface area is 93.1 Å². The second-order valence-electron chi connectivity index (χ2n) is 3.13. The molecule has 0 amide bonds. The van der Waals surface area contributed by atoms with Gasteiger partial charge < -0.3 is 0 Å². The lowest BCUT2D eigenvalue weighted by atomic mass is 10.0. The molecule has 74 valence electrons. The molecule has 0 N–H and O–H groups in total. The summed E-state index contributed by atoms with van der Waals surface area (Å²) < 4.78 is 0. The molecule has 12 heavy (non-hydrogen) atoms. The van der Waals surface area contributed by atoms with Crippen LogP contribution < -0.4 is 0 Å². The van der Waals surface area contributed by atoms with Gasteiger partial charge in [0.1, 0.15) is 0 Å². The summed E-state index contributed by atoms with van der Waals surface area (Å²) in [6.45, 7) is 0. The van der Waals surface area contributed by atoms with Crippen molar-refractivity contribution in [3.63, 3.8) is 0 Å². The van der Waals surface area contributed by atoms with E-state index in [1.165, 1.54) is 32.1 Å². The summed E-state index contributed by atoms with van der Waals surface area (Å²) in [4.78, 5) is 0. The van der Waals surface area contributed by atoms with Crippen LogP contribution in [0.2, 0.25) is 0 Å². The molecule has 0 rings (SSSR count). The van der Waals surface area contributed by atoms with Crippen LogP contribution in [0.25, 0.3) is 0 Å². The van der Waals surface area contributed by atoms with E-state index in [0.717, 1.165) is 23.2 Å². The van der Waals surface area contributed by atoms with Gasteiger partial charge in [0, 0.05) is 0 Å². The molecule has 1 atom stereocenters. The van der Waals surface area contributed by atoms with Crippen molar-refractivity contribution in [3.05, 3.63) is 0 Å². The normalized spacial score (nSPS) is 13.2. The second kappa shape index (κ2) is 10.1. The van der Waals surface area contributed by atoms with Gasteiger partial charge in [0.2, 0.25) is 0 Å². The van der Waals surface area contributed by atoms with E-state index in [9.17, 15) is 0 Å². The second-order valence-corrected chi connectivity index (χ2v) is 4.39. The molecule has 0 bridgehead atoms. The minimum absolute atomic E-state index is 0.783. The van der Waals surface area contributed by atoms with Crippen molar-refractivity contribution in [1.82, 2.24) is 0 Å². The summed E-state index contributed by atoms with van der Waals surface area (Å²) in [5.74, 6) is 3.82. The Bertz CT molecular complexity index is 85.8. The lowest BCUT2D eigenvalue weighted by molar-refractivity contribution is 0.495. The SMILES string of the molecule is SCCCCCC(CS)CCS. The van der Waals surface area contributed by atoms with Gasteiger partial charge in [-0.15, -0.1) is 0 Å². The number of thiol groups is 3. The molecule has 0 aromatic rings. The summed E-state index contributed by atoms with van der Waals surface area (Å²) in [6, 6.07) is 0. The van der Waals surface area contributed by atoms with E-state index in [2.05, 4.69) is 37.9 Å². The molecule has 0 aromatic carbocycles. The molecular formula is C9H20S3. The number of unbranched alkanes of at least 4 members (excludes halogenated alkanes) is 2. The van der Waals surface area contributed by atoms with Gasteiger partial charge in [-0.2, -0.15) is 37.9 Å². The first-order valence-electron chi connectivity index (χ1n) is 4.67. The van der Waals surface area contributed by atoms with E-state index in [0.29, 0.717) is 0 Å². The summed E-state index contributed by atoms with van der Waals surface area (Å²) in [6.07, 6.45) is 6.44. The maximum absolute atomic E-state index is 4.33. The number of rotatable bonds is 8. The largest absolute Gasteiger partial charge is 0.179 e. The van der Waals surface area contributed by atoms with E-state index in [1.807, 2.05) is 0 Å². The Morgan fingerprint density at radius 3 is 2.00 bits per heavy atom. The van der Waals surface area contributed by atoms with Crippen molar-refractivity contribution >= 4 is 37.9 Å². The van der Waals surface area contributed by atoms with Crippen molar-refractivity contribution in [3.8, 4) is 0 Å². The van der Waals surface area contributed by atoms with Gasteiger partial charge in [0.05, 0.1) is 0 Å². The van der Waals surface area contributed by atoms with Crippen LogP contribution >= 0.6 is 37.9 Å². The van der Waals surface area contributed by atoms with Gasteiger partial charge in [-0.3, -0.25) is 0 Å². The van der Waals surface area contributed by atoms with Crippen LogP contribution in [0.3, 0.4) is 0 Å². The minimum atomic E-state index is 0.783. The topological polar surface area (TPSA) is 0 Å². The van der Waals surface area contributed by atoms with Crippen molar-refractivity contribution < 1.29 is 0 Å². The third-order valence-electron chi connectivity index (χ3n) is 2.07. The molecule has 0 aliphatic heterocycles. The first-order chi connectivity index (χ1) is 5.85. The van der Waals surface area contributed by atoms with Crippen LogP contribution in [0.4, 0.5) is 0 Å². The quantitative estimate of drug-likeness (QED) is 0.409. The summed E-state index contributed by atoms with van der Waals surface area (Å²) in [5, 5.41) is 0. The smallest absolute Gasteiger partial charge is 0.00692 e. The van der Waals surface area contributed by atoms with E-state index < -0.39 is 0 Å². The van der Waals surface area contributed by atoms with Crippen molar-refractivity contribution in [2.24, 2.45) is 5.92 Å². The fourth-order valence-corrected chi connectivity index (χ4v) is 2.18. The van der Waals surface area contributed by atoms with Gasteiger partial charge in [0.15, 0.2) is 0 Å². The third kappa shape index (κ3) is 7.69. The fourth-order valence-electron chi connectivity index (χ4n) is 1.23. The van der Waals surface area contributed by atoms with Crippen LogP contribution in [0.5, 0.6) is 0 Å². The molecule has 0 radical (unpaired) electrons. The van der Waals surface area contributed by atoms with Crippen LogP contribution in [0.15, 0.2) is 0 Å². The van der Waals surface area contributed by atoms with Crippen LogP contribution in [0, 0.1) is 5.92 Å². The summed E-state index contributed by atoms with van der Waals surface area (Å²) in [5.41, 5.74) is 0. The Hall–Kier alpha value is 1.05. The molecule has 3 heteroatoms. The van der Waals surface area contributed by atoms with Crippen molar-refractivity contribution in [2.45, 2.75) is 32.1 Å². The third-order valence-corrected chi connectivity index (χ3v) is 3.16. The standard InChI is InChI=1S/C9H20S3/c10-6-3-1-2-4-9(8-12)5-7-11/h9-12H,1-8H2. The zero-order valence-electron chi connectivity index (χ0n) is 7.58. The molecule has 0 aromatic heterocycles. The highest BCUT2D eigenvalue weighted by molar-refractivity contribution is 7.80. The zero-order chi connectivity index (χ0) is 9.23. The van der Waals surface area contributed by atoms with Crippen molar-refractivity contribution in [2.75, 3.05) is 17.3 Å². The number of hydrogen-bond acceptors (Lipinski definition) is 3. The van der Waals surface area contributed by atoms with Crippen LogP contribution in [0.1, 0.15) is 32.1 Å². The Morgan fingerprint density at radius 2 is 1.50 bits per heavy atom. The van der Waals surface area contributed by atoms with Gasteiger partial charge >= 0.3 is 0 Å². The van der Waals surface area contributed by atoms with E-state index in [1.54, 1.807) is 0 Å². The van der Waals surface area contributed by atoms with Crippen LogP contribution in [-0.2, 0) is 0 Å². The fraction of sp³-hybridized carbons (Fsp3) is 1.00. The predicted molar refractivity (Wildman–Crippen MR) is 68.1 cm³/mol. The van der Waals surface area contributed by atoms with Gasteiger partial charge in [0.25, 0.3) is 0 Å². The molecule has 0 aliphatic carbocycles. The van der Waals surface area contributed by atoms with Gasteiger partial charge in [-0.25, -0.2) is 0 Å². The zero-order valence-corrected chi connectivity index (χ0v) is 10.3.